The van der Waals surface area contributed by atoms with Gasteiger partial charge in [0, 0.05) is 13.7 Å². The molecule has 0 saturated carbocycles. The van der Waals surface area contributed by atoms with Crippen LogP contribution < -0.4 is 10.5 Å². The minimum Gasteiger partial charge on any atom is -0.398 e. The highest BCUT2D eigenvalue weighted by Gasteiger charge is 2.17. The van der Waals surface area contributed by atoms with Crippen molar-refractivity contribution in [1.29, 1.82) is 0 Å². The van der Waals surface area contributed by atoms with Crippen molar-refractivity contribution in [3.63, 3.8) is 0 Å². The number of hydrogen-bond donors (Lipinski definition) is 3. The number of aryl methyl sites for hydroxylation is 1. The molecule has 0 radical (unpaired) electrons. The van der Waals surface area contributed by atoms with Crippen LogP contribution in [0.15, 0.2) is 23.1 Å². The molecule has 0 amide bonds. The van der Waals surface area contributed by atoms with Crippen LogP contribution in [0.25, 0.3) is 0 Å². The summed E-state index contributed by atoms with van der Waals surface area (Å²) in [6.07, 6.45) is -0.415. The lowest BCUT2D eigenvalue weighted by atomic mass is 10.2. The Balaban J connectivity index is 2.66. The van der Waals surface area contributed by atoms with E-state index >= 15 is 0 Å². The summed E-state index contributed by atoms with van der Waals surface area (Å²) in [7, 11) is -2.17. The van der Waals surface area contributed by atoms with Crippen LogP contribution in [-0.4, -0.2) is 39.9 Å². The minimum atomic E-state index is -3.65. The van der Waals surface area contributed by atoms with Gasteiger partial charge in [-0.1, -0.05) is 6.07 Å². The lowest BCUT2D eigenvalue weighted by Gasteiger charge is -2.12. The SMILES string of the molecule is COCC(O)CCNS(=O)(=O)c1ccc(C)cc1N. The maximum Gasteiger partial charge on any atom is 0.242 e. The zero-order chi connectivity index (χ0) is 14.5. The Hall–Kier alpha value is -1.15. The van der Waals surface area contributed by atoms with Gasteiger partial charge in [0.05, 0.1) is 18.4 Å². The normalized spacial score (nSPS) is 13.4. The maximum atomic E-state index is 12.0. The fourth-order valence-corrected chi connectivity index (χ4v) is 2.78. The van der Waals surface area contributed by atoms with Gasteiger partial charge in [0.1, 0.15) is 4.90 Å². The molecule has 6 nitrogen and oxygen atoms in total. The third-order valence-corrected chi connectivity index (χ3v) is 4.12. The first kappa shape index (κ1) is 15.9. The van der Waals surface area contributed by atoms with Gasteiger partial charge in [-0.25, -0.2) is 13.1 Å². The highest BCUT2D eigenvalue weighted by atomic mass is 32.2. The Morgan fingerprint density at radius 3 is 2.74 bits per heavy atom. The van der Waals surface area contributed by atoms with Crippen LogP contribution in [0.4, 0.5) is 5.69 Å². The molecule has 1 unspecified atom stereocenters. The van der Waals surface area contributed by atoms with E-state index in [9.17, 15) is 13.5 Å². The van der Waals surface area contributed by atoms with E-state index in [4.69, 9.17) is 10.5 Å². The van der Waals surface area contributed by atoms with Gasteiger partial charge in [-0.3, -0.25) is 0 Å². The number of hydrogen-bond acceptors (Lipinski definition) is 5. The predicted octanol–water partition coefficient (Wildman–Crippen LogP) is 0.253. The van der Waals surface area contributed by atoms with Crippen molar-refractivity contribution in [1.82, 2.24) is 4.72 Å². The Morgan fingerprint density at radius 1 is 1.47 bits per heavy atom. The lowest BCUT2D eigenvalue weighted by molar-refractivity contribution is 0.0603. The van der Waals surface area contributed by atoms with E-state index in [1.54, 1.807) is 12.1 Å². The van der Waals surface area contributed by atoms with Crippen molar-refractivity contribution in [2.24, 2.45) is 0 Å². The number of rotatable bonds is 7. The van der Waals surface area contributed by atoms with Crippen LogP contribution in [0.1, 0.15) is 12.0 Å². The molecule has 0 aliphatic heterocycles. The first-order valence-electron chi connectivity index (χ1n) is 5.89. The van der Waals surface area contributed by atoms with E-state index in [0.29, 0.717) is 0 Å². The largest absolute Gasteiger partial charge is 0.398 e. The summed E-state index contributed by atoms with van der Waals surface area (Å²) in [6.45, 7) is 2.13. The quantitative estimate of drug-likeness (QED) is 0.624. The number of sulfonamides is 1. The van der Waals surface area contributed by atoms with E-state index in [1.165, 1.54) is 13.2 Å². The predicted molar refractivity (Wildman–Crippen MR) is 73.3 cm³/mol. The van der Waals surface area contributed by atoms with Crippen LogP contribution in [0, 0.1) is 6.92 Å². The molecule has 19 heavy (non-hydrogen) atoms. The second-order valence-electron chi connectivity index (χ2n) is 4.34. The number of nitrogens with one attached hydrogen (secondary N) is 1. The van der Waals surface area contributed by atoms with Gasteiger partial charge in [-0.2, -0.15) is 0 Å². The molecule has 1 aromatic carbocycles. The topological polar surface area (TPSA) is 102 Å². The van der Waals surface area contributed by atoms with Crippen molar-refractivity contribution in [2.75, 3.05) is 26.0 Å². The molecule has 1 aromatic rings. The highest BCUT2D eigenvalue weighted by Crippen LogP contribution is 2.19. The number of methoxy groups -OCH3 is 1. The zero-order valence-corrected chi connectivity index (χ0v) is 11.9. The second-order valence-corrected chi connectivity index (χ2v) is 6.07. The second kappa shape index (κ2) is 6.85. The molecular weight excluding hydrogens is 268 g/mol. The molecule has 108 valence electrons. The molecule has 7 heteroatoms. The summed E-state index contributed by atoms with van der Waals surface area (Å²) >= 11 is 0. The molecular formula is C12H20N2O4S. The molecule has 0 aromatic heterocycles. The van der Waals surface area contributed by atoms with E-state index < -0.39 is 16.1 Å². The van der Waals surface area contributed by atoms with Gasteiger partial charge in [0.25, 0.3) is 0 Å². The molecule has 0 aliphatic rings. The summed E-state index contributed by atoms with van der Waals surface area (Å²) in [5, 5.41) is 9.42. The van der Waals surface area contributed by atoms with Crippen LogP contribution in [0.5, 0.6) is 0 Å². The van der Waals surface area contributed by atoms with Crippen LogP contribution in [0.3, 0.4) is 0 Å². The molecule has 4 N–H and O–H groups in total. The van der Waals surface area contributed by atoms with Gasteiger partial charge in [0.15, 0.2) is 0 Å². The fraction of sp³-hybridized carbons (Fsp3) is 0.500. The summed E-state index contributed by atoms with van der Waals surface area (Å²) in [5.74, 6) is 0. The van der Waals surface area contributed by atoms with Crippen molar-refractivity contribution in [2.45, 2.75) is 24.3 Å². The molecule has 0 aliphatic carbocycles. The number of aliphatic hydroxyl groups is 1. The van der Waals surface area contributed by atoms with Crippen LogP contribution in [-0.2, 0) is 14.8 Å². The monoisotopic (exact) mass is 288 g/mol. The molecule has 0 bridgehead atoms. The van der Waals surface area contributed by atoms with Crippen molar-refractivity contribution in [3.8, 4) is 0 Å². The first-order chi connectivity index (χ1) is 8.86. The van der Waals surface area contributed by atoms with Crippen LogP contribution >= 0.6 is 0 Å². The standard InChI is InChI=1S/C12H20N2O4S/c1-9-3-4-12(11(13)7-9)19(16,17)14-6-5-10(15)8-18-2/h3-4,7,10,14-15H,5-6,8,13H2,1-2H3. The fourth-order valence-electron chi connectivity index (χ4n) is 1.63. The van der Waals surface area contributed by atoms with E-state index in [2.05, 4.69) is 4.72 Å². The van der Waals surface area contributed by atoms with Gasteiger partial charge in [-0.15, -0.1) is 0 Å². The van der Waals surface area contributed by atoms with Crippen molar-refractivity contribution in [3.05, 3.63) is 23.8 Å². The van der Waals surface area contributed by atoms with Gasteiger partial charge < -0.3 is 15.6 Å². The van der Waals surface area contributed by atoms with Gasteiger partial charge in [-0.05, 0) is 31.0 Å². The van der Waals surface area contributed by atoms with Gasteiger partial charge in [0.2, 0.25) is 10.0 Å². The number of benzene rings is 1. The summed E-state index contributed by atoms with van der Waals surface area (Å²) in [6, 6.07) is 4.76. The Morgan fingerprint density at radius 2 is 2.16 bits per heavy atom. The smallest absolute Gasteiger partial charge is 0.242 e. The average molecular weight is 288 g/mol. The van der Waals surface area contributed by atoms with E-state index in [1.807, 2.05) is 6.92 Å². The Kier molecular flexibility index (Phi) is 5.74. The van der Waals surface area contributed by atoms with Crippen LogP contribution in [0.2, 0.25) is 0 Å². The molecule has 0 fully saturated rings. The summed E-state index contributed by atoms with van der Waals surface area (Å²) in [5.41, 5.74) is 6.81. The van der Waals surface area contributed by atoms with E-state index in [0.717, 1.165) is 5.56 Å². The highest BCUT2D eigenvalue weighted by molar-refractivity contribution is 7.89. The van der Waals surface area contributed by atoms with Crippen molar-refractivity contribution < 1.29 is 18.3 Å². The molecule has 0 heterocycles. The van der Waals surface area contributed by atoms with Gasteiger partial charge >= 0.3 is 0 Å². The van der Waals surface area contributed by atoms with E-state index in [-0.39, 0.29) is 30.2 Å². The number of anilines is 1. The maximum absolute atomic E-state index is 12.0. The Labute approximate surface area is 113 Å². The third-order valence-electron chi connectivity index (χ3n) is 2.58. The third kappa shape index (κ3) is 4.79. The zero-order valence-electron chi connectivity index (χ0n) is 11.1. The molecule has 0 saturated heterocycles. The minimum absolute atomic E-state index is 0.0549. The average Bonchev–Trinajstić information content (AvgIpc) is 2.28. The molecule has 1 rings (SSSR count). The molecule has 1 atom stereocenters. The number of aliphatic hydroxyl groups excluding tert-OH is 1. The number of ether oxygens (including phenoxy) is 1. The number of nitrogen functional groups attached to an aromatic ring is 1. The van der Waals surface area contributed by atoms with Crippen molar-refractivity contribution >= 4 is 15.7 Å². The Bertz CT molecular complexity index is 516. The first-order valence-corrected chi connectivity index (χ1v) is 7.38. The number of nitrogens with two attached hydrogens (primary N) is 1. The molecule has 0 spiro atoms. The summed E-state index contributed by atoms with van der Waals surface area (Å²) < 4.78 is 31.2. The summed E-state index contributed by atoms with van der Waals surface area (Å²) in [4.78, 5) is 0.0549. The lowest BCUT2D eigenvalue weighted by Crippen LogP contribution is -2.29.